The molecule has 0 atom stereocenters. The lowest BCUT2D eigenvalue weighted by Crippen LogP contribution is -2.44. The van der Waals surface area contributed by atoms with Crippen molar-refractivity contribution in [2.75, 3.05) is 0 Å². The molecule has 1 aromatic carbocycles. The molecule has 2 amide bonds. The highest BCUT2D eigenvalue weighted by atomic mass is 16.4. The van der Waals surface area contributed by atoms with E-state index in [0.29, 0.717) is 18.4 Å². The third-order valence-electron chi connectivity index (χ3n) is 3.86. The largest absolute Gasteiger partial charge is 0.481 e. The van der Waals surface area contributed by atoms with Gasteiger partial charge < -0.3 is 5.11 Å². The van der Waals surface area contributed by atoms with Crippen molar-refractivity contribution in [3.05, 3.63) is 35.9 Å². The molecule has 3 N–H and O–H groups in total. The van der Waals surface area contributed by atoms with E-state index in [9.17, 15) is 19.5 Å². The number of rotatable bonds is 4. The standard InChI is InChI=1S/C15H18N2O4/c18-12(10-15(14(20)21)8-4-5-9-15)16-17-13(19)11-6-2-1-3-7-11/h1-3,6-7H,4-5,8-10H2,(H,16,18)(H,17,19)(H,20,21). The lowest BCUT2D eigenvalue weighted by atomic mass is 9.82. The van der Waals surface area contributed by atoms with Crippen molar-refractivity contribution in [3.8, 4) is 0 Å². The summed E-state index contributed by atoms with van der Waals surface area (Å²) in [6.45, 7) is 0. The van der Waals surface area contributed by atoms with Crippen LogP contribution in [0.2, 0.25) is 0 Å². The van der Waals surface area contributed by atoms with Crippen LogP contribution in [0.4, 0.5) is 0 Å². The summed E-state index contributed by atoms with van der Waals surface area (Å²) < 4.78 is 0. The first-order chi connectivity index (χ1) is 10.0. The Morgan fingerprint density at radius 2 is 1.67 bits per heavy atom. The van der Waals surface area contributed by atoms with Crippen LogP contribution in [-0.2, 0) is 9.59 Å². The first-order valence-corrected chi connectivity index (χ1v) is 6.91. The fraction of sp³-hybridized carbons (Fsp3) is 0.400. The van der Waals surface area contributed by atoms with Crippen molar-refractivity contribution in [3.63, 3.8) is 0 Å². The summed E-state index contributed by atoms with van der Waals surface area (Å²) in [4.78, 5) is 35.0. The first kappa shape index (κ1) is 15.0. The van der Waals surface area contributed by atoms with E-state index in [4.69, 9.17) is 0 Å². The van der Waals surface area contributed by atoms with Crippen LogP contribution in [0.15, 0.2) is 30.3 Å². The second kappa shape index (κ2) is 6.39. The van der Waals surface area contributed by atoms with E-state index in [1.165, 1.54) is 0 Å². The van der Waals surface area contributed by atoms with Crippen LogP contribution in [0.3, 0.4) is 0 Å². The van der Waals surface area contributed by atoms with Gasteiger partial charge in [-0.25, -0.2) is 0 Å². The van der Waals surface area contributed by atoms with Gasteiger partial charge in [-0.2, -0.15) is 0 Å². The Hall–Kier alpha value is -2.37. The average molecular weight is 290 g/mol. The molecular weight excluding hydrogens is 272 g/mol. The molecule has 0 unspecified atom stereocenters. The fourth-order valence-corrected chi connectivity index (χ4v) is 2.66. The van der Waals surface area contributed by atoms with Crippen molar-refractivity contribution in [1.29, 1.82) is 0 Å². The normalized spacial score (nSPS) is 16.2. The summed E-state index contributed by atoms with van der Waals surface area (Å²) >= 11 is 0. The molecule has 0 radical (unpaired) electrons. The van der Waals surface area contributed by atoms with E-state index < -0.39 is 23.2 Å². The van der Waals surface area contributed by atoms with Gasteiger partial charge in [0.1, 0.15) is 0 Å². The maximum Gasteiger partial charge on any atom is 0.310 e. The Bertz CT molecular complexity index is 536. The molecule has 0 bridgehead atoms. The Morgan fingerprint density at radius 1 is 1.05 bits per heavy atom. The maximum atomic E-state index is 11.9. The number of aliphatic carboxylic acids is 1. The Kier molecular flexibility index (Phi) is 4.57. The minimum absolute atomic E-state index is 0.114. The van der Waals surface area contributed by atoms with Gasteiger partial charge in [0.25, 0.3) is 5.91 Å². The zero-order chi connectivity index (χ0) is 15.3. The van der Waals surface area contributed by atoms with E-state index in [2.05, 4.69) is 10.9 Å². The minimum Gasteiger partial charge on any atom is -0.481 e. The van der Waals surface area contributed by atoms with Crippen molar-refractivity contribution in [2.24, 2.45) is 5.41 Å². The van der Waals surface area contributed by atoms with Crippen LogP contribution in [0.25, 0.3) is 0 Å². The summed E-state index contributed by atoms with van der Waals surface area (Å²) in [6.07, 6.45) is 2.52. The molecule has 6 nitrogen and oxygen atoms in total. The number of amides is 2. The molecule has 1 aromatic rings. The van der Waals surface area contributed by atoms with Gasteiger partial charge in [0.05, 0.1) is 5.41 Å². The molecule has 6 heteroatoms. The molecule has 2 rings (SSSR count). The molecule has 0 saturated heterocycles. The number of hydrogen-bond donors (Lipinski definition) is 3. The topological polar surface area (TPSA) is 95.5 Å². The van der Waals surface area contributed by atoms with E-state index in [1.54, 1.807) is 30.3 Å². The van der Waals surface area contributed by atoms with Gasteiger partial charge in [-0.15, -0.1) is 0 Å². The minimum atomic E-state index is -0.985. The predicted octanol–water partition coefficient (Wildman–Crippen LogP) is 1.48. The maximum absolute atomic E-state index is 11.9. The number of carbonyl (C=O) groups excluding carboxylic acids is 2. The molecule has 1 aliphatic carbocycles. The van der Waals surface area contributed by atoms with E-state index in [0.717, 1.165) is 12.8 Å². The van der Waals surface area contributed by atoms with Crippen LogP contribution < -0.4 is 10.9 Å². The molecule has 0 aliphatic heterocycles. The first-order valence-electron chi connectivity index (χ1n) is 6.91. The predicted molar refractivity (Wildman–Crippen MR) is 75.2 cm³/mol. The quantitative estimate of drug-likeness (QED) is 0.732. The van der Waals surface area contributed by atoms with Gasteiger partial charge in [-0.3, -0.25) is 25.2 Å². The second-order valence-corrected chi connectivity index (χ2v) is 5.34. The Balaban J connectivity index is 1.87. The number of nitrogens with one attached hydrogen (secondary N) is 2. The average Bonchev–Trinajstić information content (AvgIpc) is 2.95. The lowest BCUT2D eigenvalue weighted by Gasteiger charge is -2.22. The van der Waals surface area contributed by atoms with Gasteiger partial charge in [0, 0.05) is 12.0 Å². The summed E-state index contributed by atoms with van der Waals surface area (Å²) in [6, 6.07) is 8.46. The lowest BCUT2D eigenvalue weighted by molar-refractivity contribution is -0.151. The van der Waals surface area contributed by atoms with Crippen LogP contribution in [0.1, 0.15) is 42.5 Å². The smallest absolute Gasteiger partial charge is 0.310 e. The number of carbonyl (C=O) groups is 3. The number of carboxylic acid groups (broad SMARTS) is 1. The van der Waals surface area contributed by atoms with E-state index >= 15 is 0 Å². The third kappa shape index (κ3) is 3.59. The van der Waals surface area contributed by atoms with Crippen LogP contribution in [-0.4, -0.2) is 22.9 Å². The highest BCUT2D eigenvalue weighted by Gasteiger charge is 2.43. The second-order valence-electron chi connectivity index (χ2n) is 5.34. The summed E-state index contributed by atoms with van der Waals surface area (Å²) in [7, 11) is 0. The number of benzene rings is 1. The van der Waals surface area contributed by atoms with Crippen LogP contribution in [0.5, 0.6) is 0 Å². The molecule has 1 fully saturated rings. The van der Waals surface area contributed by atoms with Gasteiger partial charge in [0.2, 0.25) is 5.91 Å². The molecule has 0 spiro atoms. The number of hydrogen-bond acceptors (Lipinski definition) is 3. The van der Waals surface area contributed by atoms with Crippen molar-refractivity contribution in [2.45, 2.75) is 32.1 Å². The molecule has 1 aliphatic rings. The van der Waals surface area contributed by atoms with Gasteiger partial charge in [-0.05, 0) is 25.0 Å². The molecule has 0 aromatic heterocycles. The van der Waals surface area contributed by atoms with Crippen molar-refractivity contribution >= 4 is 17.8 Å². The molecular formula is C15H18N2O4. The zero-order valence-corrected chi connectivity index (χ0v) is 11.6. The van der Waals surface area contributed by atoms with E-state index in [-0.39, 0.29) is 6.42 Å². The van der Waals surface area contributed by atoms with Gasteiger partial charge >= 0.3 is 5.97 Å². The number of carboxylic acids is 1. The van der Waals surface area contributed by atoms with Crippen LogP contribution >= 0.6 is 0 Å². The van der Waals surface area contributed by atoms with Gasteiger partial charge in [-0.1, -0.05) is 31.0 Å². The summed E-state index contributed by atoms with van der Waals surface area (Å²) in [5.74, 6) is -1.85. The molecule has 112 valence electrons. The van der Waals surface area contributed by atoms with Crippen molar-refractivity contribution < 1.29 is 19.5 Å². The molecule has 1 saturated carbocycles. The molecule has 21 heavy (non-hydrogen) atoms. The van der Waals surface area contributed by atoms with Crippen molar-refractivity contribution in [1.82, 2.24) is 10.9 Å². The molecule has 0 heterocycles. The highest BCUT2D eigenvalue weighted by molar-refractivity contribution is 5.95. The fourth-order valence-electron chi connectivity index (χ4n) is 2.66. The van der Waals surface area contributed by atoms with Crippen LogP contribution in [0, 0.1) is 5.41 Å². The van der Waals surface area contributed by atoms with E-state index in [1.807, 2.05) is 0 Å². The van der Waals surface area contributed by atoms with Gasteiger partial charge in [0.15, 0.2) is 0 Å². The SMILES string of the molecule is O=C(CC1(C(=O)O)CCCC1)NNC(=O)c1ccccc1. The third-order valence-corrected chi connectivity index (χ3v) is 3.86. The zero-order valence-electron chi connectivity index (χ0n) is 11.6. The highest BCUT2D eigenvalue weighted by Crippen LogP contribution is 2.41. The summed E-state index contributed by atoms with van der Waals surface area (Å²) in [5.41, 5.74) is 4.02. The Labute approximate surface area is 122 Å². The Morgan fingerprint density at radius 3 is 2.24 bits per heavy atom. The summed E-state index contributed by atoms with van der Waals surface area (Å²) in [5, 5.41) is 9.30. The number of hydrazine groups is 1. The monoisotopic (exact) mass is 290 g/mol.